The first kappa shape index (κ1) is 28.9. The predicted molar refractivity (Wildman–Crippen MR) is 130 cm³/mol. The van der Waals surface area contributed by atoms with Gasteiger partial charge in [0.05, 0.1) is 5.56 Å². The SMILES string of the molecule is CC(=O)N[C@@H](CSC(=O)c1cc(-c2ccc(F)cc2F)ccc1OC(=O)[C@@H](N)CCCCN)C(=O)O. The summed E-state index contributed by atoms with van der Waals surface area (Å²) < 4.78 is 33.0. The van der Waals surface area contributed by atoms with Gasteiger partial charge in [0, 0.05) is 24.3 Å². The Morgan fingerprint density at radius 1 is 1.11 bits per heavy atom. The van der Waals surface area contributed by atoms with Gasteiger partial charge in [-0.05, 0) is 49.2 Å². The Morgan fingerprint density at radius 3 is 2.44 bits per heavy atom. The molecular formula is C24H27F2N3O6S. The third-order valence-electron chi connectivity index (χ3n) is 4.98. The molecule has 194 valence electrons. The van der Waals surface area contributed by atoms with Crippen molar-refractivity contribution in [2.75, 3.05) is 12.3 Å². The molecule has 6 N–H and O–H groups in total. The Kier molecular flexibility index (Phi) is 11.0. The third-order valence-corrected chi connectivity index (χ3v) is 5.96. The van der Waals surface area contributed by atoms with Crippen molar-refractivity contribution in [3.8, 4) is 16.9 Å². The molecule has 0 unspecified atom stereocenters. The molecule has 1 amide bonds. The van der Waals surface area contributed by atoms with E-state index in [1.165, 1.54) is 24.3 Å². The van der Waals surface area contributed by atoms with E-state index in [0.29, 0.717) is 43.6 Å². The van der Waals surface area contributed by atoms with E-state index >= 15 is 0 Å². The molecule has 0 bridgehead atoms. The van der Waals surface area contributed by atoms with Crippen LogP contribution in [0.2, 0.25) is 0 Å². The van der Waals surface area contributed by atoms with Crippen LogP contribution in [0.4, 0.5) is 8.78 Å². The van der Waals surface area contributed by atoms with Crippen LogP contribution in [0.5, 0.6) is 5.75 Å². The Bertz CT molecular complexity index is 1130. The van der Waals surface area contributed by atoms with Gasteiger partial charge in [-0.3, -0.25) is 9.59 Å². The molecule has 12 heteroatoms. The summed E-state index contributed by atoms with van der Waals surface area (Å²) in [6.07, 6.45) is 1.57. The van der Waals surface area contributed by atoms with E-state index in [4.69, 9.17) is 16.2 Å². The molecule has 0 aliphatic carbocycles. The number of carboxylic acid groups (broad SMARTS) is 1. The van der Waals surface area contributed by atoms with Crippen molar-refractivity contribution in [1.29, 1.82) is 0 Å². The molecule has 2 aromatic carbocycles. The van der Waals surface area contributed by atoms with Crippen LogP contribution in [-0.2, 0) is 14.4 Å². The van der Waals surface area contributed by atoms with Gasteiger partial charge < -0.3 is 26.6 Å². The Morgan fingerprint density at radius 2 is 1.83 bits per heavy atom. The minimum Gasteiger partial charge on any atom is -0.480 e. The third kappa shape index (κ3) is 8.40. The van der Waals surface area contributed by atoms with E-state index in [9.17, 15) is 33.1 Å². The number of carboxylic acids is 1. The highest BCUT2D eigenvalue weighted by Gasteiger charge is 2.24. The number of amides is 1. The number of halogens is 2. The summed E-state index contributed by atoms with van der Waals surface area (Å²) in [5.41, 5.74) is 11.3. The van der Waals surface area contributed by atoms with E-state index in [-0.39, 0.29) is 28.2 Å². The molecule has 0 saturated heterocycles. The zero-order valence-electron chi connectivity index (χ0n) is 19.5. The second-order valence-corrected chi connectivity index (χ2v) is 8.83. The molecule has 36 heavy (non-hydrogen) atoms. The van der Waals surface area contributed by atoms with Crippen molar-refractivity contribution in [3.63, 3.8) is 0 Å². The van der Waals surface area contributed by atoms with Crippen LogP contribution in [0.15, 0.2) is 36.4 Å². The average Bonchev–Trinajstić information content (AvgIpc) is 2.81. The molecular weight excluding hydrogens is 496 g/mol. The zero-order valence-corrected chi connectivity index (χ0v) is 20.3. The highest BCUT2D eigenvalue weighted by molar-refractivity contribution is 8.14. The van der Waals surface area contributed by atoms with Crippen molar-refractivity contribution in [3.05, 3.63) is 53.6 Å². The molecule has 0 heterocycles. The standard InChI is InChI=1S/C24H27F2N3O6S/c1-13(30)29-20(22(31)32)12-36-24(34)17-10-14(16-7-6-15(25)11-18(16)26)5-8-21(17)35-23(33)19(28)4-2-3-9-27/h5-8,10-11,19-20H,2-4,9,12,27-28H2,1H3,(H,29,30)(H,31,32)/t19-,20-/m0/s1. The maximum absolute atomic E-state index is 14.4. The van der Waals surface area contributed by atoms with Crippen molar-refractivity contribution in [2.24, 2.45) is 11.5 Å². The van der Waals surface area contributed by atoms with Crippen LogP contribution in [-0.4, -0.2) is 52.4 Å². The van der Waals surface area contributed by atoms with Crippen molar-refractivity contribution in [2.45, 2.75) is 38.3 Å². The van der Waals surface area contributed by atoms with Crippen molar-refractivity contribution >= 4 is 34.7 Å². The monoisotopic (exact) mass is 523 g/mol. The largest absolute Gasteiger partial charge is 0.480 e. The average molecular weight is 524 g/mol. The maximum atomic E-state index is 14.4. The number of nitrogens with two attached hydrogens (primary N) is 2. The van der Waals surface area contributed by atoms with Gasteiger partial charge in [0.15, 0.2) is 0 Å². The molecule has 0 aromatic heterocycles. The second kappa shape index (κ2) is 13.7. The van der Waals surface area contributed by atoms with Gasteiger partial charge in [0.1, 0.15) is 29.5 Å². The fourth-order valence-corrected chi connectivity index (χ4v) is 4.00. The highest BCUT2D eigenvalue weighted by Crippen LogP contribution is 2.31. The van der Waals surface area contributed by atoms with Crippen molar-refractivity contribution in [1.82, 2.24) is 5.32 Å². The van der Waals surface area contributed by atoms with Gasteiger partial charge >= 0.3 is 11.9 Å². The summed E-state index contributed by atoms with van der Waals surface area (Å²) in [7, 11) is 0. The summed E-state index contributed by atoms with van der Waals surface area (Å²) in [5.74, 6) is -4.88. The molecule has 2 rings (SSSR count). The summed E-state index contributed by atoms with van der Waals surface area (Å²) in [5, 5.41) is 10.8. The van der Waals surface area contributed by atoms with E-state index in [1.54, 1.807) is 0 Å². The molecule has 0 spiro atoms. The van der Waals surface area contributed by atoms with Crippen LogP contribution < -0.4 is 21.5 Å². The molecule has 0 fully saturated rings. The number of aliphatic carboxylic acids is 1. The van der Waals surface area contributed by atoms with Crippen LogP contribution in [0, 0.1) is 11.6 Å². The quantitative estimate of drug-likeness (QED) is 0.186. The minimum atomic E-state index is -1.35. The summed E-state index contributed by atoms with van der Waals surface area (Å²) in [6, 6.07) is 4.52. The molecule has 0 aliphatic heterocycles. The Balaban J connectivity index is 2.36. The molecule has 9 nitrogen and oxygen atoms in total. The van der Waals surface area contributed by atoms with Crippen LogP contribution in [0.25, 0.3) is 11.1 Å². The van der Waals surface area contributed by atoms with Crippen molar-refractivity contribution < 1.29 is 37.8 Å². The van der Waals surface area contributed by atoms with Gasteiger partial charge in [0.2, 0.25) is 11.0 Å². The lowest BCUT2D eigenvalue weighted by atomic mass is 10.0. The summed E-state index contributed by atoms with van der Waals surface area (Å²) >= 11 is 0.560. The summed E-state index contributed by atoms with van der Waals surface area (Å²) in [4.78, 5) is 48.1. The van der Waals surface area contributed by atoms with E-state index in [1.807, 2.05) is 0 Å². The normalized spacial score (nSPS) is 12.5. The number of hydrogen-bond donors (Lipinski definition) is 4. The van der Waals surface area contributed by atoms with Crippen LogP contribution in [0.1, 0.15) is 36.5 Å². The fourth-order valence-electron chi connectivity index (χ4n) is 3.14. The van der Waals surface area contributed by atoms with Crippen LogP contribution >= 0.6 is 11.8 Å². The molecule has 0 saturated carbocycles. The van der Waals surface area contributed by atoms with Gasteiger partial charge in [-0.1, -0.05) is 24.2 Å². The first-order valence-corrected chi connectivity index (χ1v) is 12.0. The minimum absolute atomic E-state index is 0.00605. The van der Waals surface area contributed by atoms with Crippen LogP contribution in [0.3, 0.4) is 0 Å². The molecule has 2 atom stereocenters. The fraction of sp³-hybridized carbons (Fsp3) is 0.333. The highest BCUT2D eigenvalue weighted by atomic mass is 32.2. The van der Waals surface area contributed by atoms with E-state index in [0.717, 1.165) is 13.0 Å². The molecule has 2 aromatic rings. The lowest BCUT2D eigenvalue weighted by Crippen LogP contribution is -2.41. The number of carbonyl (C=O) groups excluding carboxylic acids is 3. The number of nitrogens with one attached hydrogen (secondary N) is 1. The molecule has 0 aliphatic rings. The zero-order chi connectivity index (χ0) is 26.8. The lowest BCUT2D eigenvalue weighted by molar-refractivity contribution is -0.140. The Hall–Kier alpha value is -3.35. The van der Waals surface area contributed by atoms with Gasteiger partial charge in [-0.25, -0.2) is 18.4 Å². The number of hydrogen-bond acceptors (Lipinski definition) is 8. The van der Waals surface area contributed by atoms with E-state index < -0.39 is 46.7 Å². The number of unbranched alkanes of at least 4 members (excludes halogenated alkanes) is 1. The van der Waals surface area contributed by atoms with E-state index in [2.05, 4.69) is 5.32 Å². The topological polar surface area (TPSA) is 162 Å². The Labute approximate surface area is 210 Å². The predicted octanol–water partition coefficient (Wildman–Crippen LogP) is 2.46. The maximum Gasteiger partial charge on any atom is 0.328 e. The number of carbonyl (C=O) groups is 4. The van der Waals surface area contributed by atoms with Gasteiger partial charge in [-0.2, -0.15) is 0 Å². The summed E-state index contributed by atoms with van der Waals surface area (Å²) in [6.45, 7) is 1.58. The first-order chi connectivity index (χ1) is 17.0. The number of rotatable bonds is 12. The molecule has 0 radical (unpaired) electrons. The first-order valence-electron chi connectivity index (χ1n) is 11.0. The van der Waals surface area contributed by atoms with Gasteiger partial charge in [0.25, 0.3) is 0 Å². The second-order valence-electron chi connectivity index (χ2n) is 7.84. The lowest BCUT2D eigenvalue weighted by Gasteiger charge is -2.16. The van der Waals surface area contributed by atoms with Gasteiger partial charge in [-0.15, -0.1) is 0 Å². The number of benzene rings is 2. The smallest absolute Gasteiger partial charge is 0.328 e. The number of esters is 1. The number of ether oxygens (including phenoxy) is 1. The number of thioether (sulfide) groups is 1.